The lowest BCUT2D eigenvalue weighted by Gasteiger charge is -2.34. The molecule has 0 radical (unpaired) electrons. The van der Waals surface area contributed by atoms with Crippen molar-refractivity contribution < 1.29 is 8.42 Å². The van der Waals surface area contributed by atoms with Gasteiger partial charge in [-0.15, -0.1) is 0 Å². The number of nitrogens with zero attached hydrogens (tertiary/aromatic N) is 2. The van der Waals surface area contributed by atoms with Crippen LogP contribution in [0.5, 0.6) is 0 Å². The van der Waals surface area contributed by atoms with Crippen LogP contribution in [-0.4, -0.2) is 23.8 Å². The fourth-order valence-corrected chi connectivity index (χ4v) is 4.95. The van der Waals surface area contributed by atoms with Gasteiger partial charge in [0.15, 0.2) is 0 Å². The van der Waals surface area contributed by atoms with Gasteiger partial charge in [0.05, 0.1) is 10.9 Å². The third kappa shape index (κ3) is 2.39. The average molecular weight is 325 g/mol. The van der Waals surface area contributed by atoms with E-state index in [1.54, 1.807) is 29.4 Å². The van der Waals surface area contributed by atoms with Crippen molar-refractivity contribution in [3.63, 3.8) is 0 Å². The van der Waals surface area contributed by atoms with E-state index in [0.29, 0.717) is 28.6 Å². The maximum absolute atomic E-state index is 12.9. The highest BCUT2D eigenvalue weighted by Crippen LogP contribution is 2.32. The van der Waals surface area contributed by atoms with Crippen molar-refractivity contribution in [3.8, 4) is 0 Å². The first-order valence-electron chi connectivity index (χ1n) is 6.84. The molecule has 4 nitrogen and oxygen atoms in total. The van der Waals surface area contributed by atoms with Crippen molar-refractivity contribution in [2.24, 2.45) is 0 Å². The minimum atomic E-state index is -3.52. The predicted molar refractivity (Wildman–Crippen MR) is 82.9 cm³/mol. The van der Waals surface area contributed by atoms with Crippen LogP contribution in [0.25, 0.3) is 0 Å². The molecule has 0 saturated carbocycles. The second-order valence-electron chi connectivity index (χ2n) is 5.33. The first kappa shape index (κ1) is 14.6. The van der Waals surface area contributed by atoms with Gasteiger partial charge < -0.3 is 4.57 Å². The zero-order chi connectivity index (χ0) is 15.2. The molecule has 0 saturated heterocycles. The van der Waals surface area contributed by atoms with Gasteiger partial charge in [-0.05, 0) is 49.7 Å². The Morgan fingerprint density at radius 1 is 1.24 bits per heavy atom. The zero-order valence-electron chi connectivity index (χ0n) is 12.0. The molecule has 6 heteroatoms. The number of rotatable bonds is 2. The van der Waals surface area contributed by atoms with Crippen molar-refractivity contribution in [2.75, 3.05) is 6.54 Å². The second-order valence-corrected chi connectivity index (χ2v) is 7.62. The fraction of sp³-hybridized carbons (Fsp3) is 0.333. The van der Waals surface area contributed by atoms with Gasteiger partial charge in [0.1, 0.15) is 0 Å². The van der Waals surface area contributed by atoms with E-state index in [4.69, 9.17) is 11.6 Å². The summed E-state index contributed by atoms with van der Waals surface area (Å²) in [6, 6.07) is 8.66. The fourth-order valence-electron chi connectivity index (χ4n) is 2.91. The van der Waals surface area contributed by atoms with Crippen LogP contribution in [0, 0.1) is 6.92 Å². The van der Waals surface area contributed by atoms with Crippen LogP contribution in [0.4, 0.5) is 0 Å². The molecule has 2 heterocycles. The Labute approximate surface area is 130 Å². The van der Waals surface area contributed by atoms with Crippen molar-refractivity contribution in [2.45, 2.75) is 31.3 Å². The highest BCUT2D eigenvalue weighted by molar-refractivity contribution is 7.89. The normalized spacial score (nSPS) is 19.5. The molecule has 0 fully saturated rings. The van der Waals surface area contributed by atoms with Crippen LogP contribution in [0.15, 0.2) is 41.4 Å². The summed E-state index contributed by atoms with van der Waals surface area (Å²) in [6.07, 6.45) is 1.99. The lowest BCUT2D eigenvalue weighted by Crippen LogP contribution is -2.40. The Morgan fingerprint density at radius 2 is 2.00 bits per heavy atom. The molecule has 1 aromatic heterocycles. The van der Waals surface area contributed by atoms with Gasteiger partial charge in [0.2, 0.25) is 10.0 Å². The van der Waals surface area contributed by atoms with Crippen LogP contribution in [0.2, 0.25) is 5.02 Å². The molecule has 0 aliphatic carbocycles. The van der Waals surface area contributed by atoms with E-state index in [9.17, 15) is 8.42 Å². The maximum atomic E-state index is 12.9. The Kier molecular flexibility index (Phi) is 3.59. The second kappa shape index (κ2) is 5.16. The Morgan fingerprint density at radius 3 is 2.71 bits per heavy atom. The summed E-state index contributed by atoms with van der Waals surface area (Å²) < 4.78 is 29.5. The molecule has 3 rings (SSSR count). The maximum Gasteiger partial charge on any atom is 0.243 e. The van der Waals surface area contributed by atoms with Crippen LogP contribution in [0.1, 0.15) is 24.2 Å². The zero-order valence-corrected chi connectivity index (χ0v) is 13.5. The first-order chi connectivity index (χ1) is 9.91. The van der Waals surface area contributed by atoms with Crippen LogP contribution >= 0.6 is 11.6 Å². The van der Waals surface area contributed by atoms with E-state index in [2.05, 4.69) is 4.57 Å². The minimum Gasteiger partial charge on any atom is -0.349 e. The molecule has 0 bridgehead atoms. The lowest BCUT2D eigenvalue weighted by molar-refractivity contribution is 0.282. The van der Waals surface area contributed by atoms with E-state index in [-0.39, 0.29) is 6.04 Å². The van der Waals surface area contributed by atoms with Gasteiger partial charge in [0.25, 0.3) is 0 Å². The van der Waals surface area contributed by atoms with Crippen LogP contribution in [-0.2, 0) is 16.6 Å². The quantitative estimate of drug-likeness (QED) is 0.851. The number of benzene rings is 1. The Hall–Kier alpha value is -1.30. The SMILES string of the molecule is Cc1cc(Cl)ccc1S(=O)(=O)N1CCn2cccc2C1C. The summed E-state index contributed by atoms with van der Waals surface area (Å²) in [5.41, 5.74) is 1.70. The minimum absolute atomic E-state index is 0.172. The Bertz CT molecular complexity index is 783. The van der Waals surface area contributed by atoms with Crippen LogP contribution in [0.3, 0.4) is 0 Å². The standard InChI is InChI=1S/C15H17ClN2O2S/c1-11-10-13(16)5-6-15(11)21(19,20)18-9-8-17-7-3-4-14(17)12(18)2/h3-7,10,12H,8-9H2,1-2H3. The highest BCUT2D eigenvalue weighted by Gasteiger charge is 2.34. The Balaban J connectivity index is 2.03. The largest absolute Gasteiger partial charge is 0.349 e. The molecule has 112 valence electrons. The monoisotopic (exact) mass is 324 g/mol. The molecule has 1 unspecified atom stereocenters. The summed E-state index contributed by atoms with van der Waals surface area (Å²) in [4.78, 5) is 0.332. The molecule has 0 amide bonds. The summed E-state index contributed by atoms with van der Waals surface area (Å²) in [5, 5.41) is 0.548. The van der Waals surface area contributed by atoms with Gasteiger partial charge in [-0.25, -0.2) is 8.42 Å². The van der Waals surface area contributed by atoms with Crippen molar-refractivity contribution in [1.82, 2.24) is 8.87 Å². The summed E-state index contributed by atoms with van der Waals surface area (Å²) >= 11 is 5.92. The van der Waals surface area contributed by atoms with Crippen molar-refractivity contribution >= 4 is 21.6 Å². The average Bonchev–Trinajstić information content (AvgIpc) is 2.87. The summed E-state index contributed by atoms with van der Waals surface area (Å²) in [7, 11) is -3.52. The number of aromatic nitrogens is 1. The van der Waals surface area contributed by atoms with Gasteiger partial charge >= 0.3 is 0 Å². The van der Waals surface area contributed by atoms with E-state index in [1.165, 1.54) is 0 Å². The molecule has 2 aromatic rings. The summed E-state index contributed by atoms with van der Waals surface area (Å²) in [6.45, 7) is 4.86. The lowest BCUT2D eigenvalue weighted by atomic mass is 10.2. The van der Waals surface area contributed by atoms with Crippen LogP contribution < -0.4 is 0 Å². The molecule has 21 heavy (non-hydrogen) atoms. The van der Waals surface area contributed by atoms with E-state index in [1.807, 2.05) is 25.3 Å². The molecule has 0 N–H and O–H groups in total. The number of sulfonamides is 1. The number of hydrogen-bond acceptors (Lipinski definition) is 2. The first-order valence-corrected chi connectivity index (χ1v) is 8.66. The van der Waals surface area contributed by atoms with Gasteiger partial charge in [0, 0.05) is 30.0 Å². The van der Waals surface area contributed by atoms with Gasteiger partial charge in [-0.3, -0.25) is 0 Å². The third-order valence-corrected chi connectivity index (χ3v) is 6.37. The molecular weight excluding hydrogens is 308 g/mol. The molecule has 0 spiro atoms. The van der Waals surface area contributed by atoms with Crippen molar-refractivity contribution in [3.05, 3.63) is 52.8 Å². The number of fused-ring (bicyclic) bond motifs is 1. The van der Waals surface area contributed by atoms with Gasteiger partial charge in [-0.2, -0.15) is 4.31 Å². The number of halogens is 1. The number of aryl methyl sites for hydroxylation is 1. The smallest absolute Gasteiger partial charge is 0.243 e. The molecular formula is C15H17ClN2O2S. The predicted octanol–water partition coefficient (Wildman–Crippen LogP) is 3.22. The van der Waals surface area contributed by atoms with E-state index in [0.717, 1.165) is 5.69 Å². The highest BCUT2D eigenvalue weighted by atomic mass is 35.5. The van der Waals surface area contributed by atoms with Gasteiger partial charge in [-0.1, -0.05) is 11.6 Å². The van der Waals surface area contributed by atoms with Crippen molar-refractivity contribution in [1.29, 1.82) is 0 Å². The summed E-state index contributed by atoms with van der Waals surface area (Å²) in [5.74, 6) is 0. The number of hydrogen-bond donors (Lipinski definition) is 0. The molecule has 1 atom stereocenters. The third-order valence-electron chi connectivity index (χ3n) is 4.01. The molecule has 1 aliphatic rings. The topological polar surface area (TPSA) is 42.3 Å². The molecule has 1 aromatic carbocycles. The molecule has 1 aliphatic heterocycles. The van der Waals surface area contributed by atoms with E-state index < -0.39 is 10.0 Å². The van der Waals surface area contributed by atoms with E-state index >= 15 is 0 Å².